The number of ether oxygens (including phenoxy) is 1. The Hall–Kier alpha value is -1.84. The van der Waals surface area contributed by atoms with Gasteiger partial charge in [-0.25, -0.2) is 4.79 Å². The van der Waals surface area contributed by atoms with Crippen molar-refractivity contribution in [2.24, 2.45) is 16.9 Å². The number of nitrogens with one attached hydrogen (secondary N) is 1. The lowest BCUT2D eigenvalue weighted by atomic mass is 9.72. The van der Waals surface area contributed by atoms with Crippen LogP contribution in [0.3, 0.4) is 0 Å². The van der Waals surface area contributed by atoms with E-state index in [1.165, 1.54) is 12.8 Å². The third-order valence-corrected chi connectivity index (χ3v) is 8.05. The summed E-state index contributed by atoms with van der Waals surface area (Å²) in [6.07, 6.45) is 7.13. The molecule has 180 valence electrons. The van der Waals surface area contributed by atoms with Crippen molar-refractivity contribution in [3.05, 3.63) is 11.4 Å². The summed E-state index contributed by atoms with van der Waals surface area (Å²) in [5.41, 5.74) is 12.3. The maximum Gasteiger partial charge on any atom is 0.325 e. The number of nitrogens with zero attached hydrogens (tertiary/aromatic N) is 3. The number of imide groups is 1. The highest BCUT2D eigenvalue weighted by Gasteiger charge is 2.56. The summed E-state index contributed by atoms with van der Waals surface area (Å²) in [6.45, 7) is 9.65. The van der Waals surface area contributed by atoms with Crippen LogP contribution in [-0.2, 0) is 9.53 Å². The first-order valence-corrected chi connectivity index (χ1v) is 12.2. The monoisotopic (exact) mass is 448 g/mol. The molecule has 0 radical (unpaired) electrons. The highest BCUT2D eigenvalue weighted by atomic mass is 16.5. The third-order valence-electron chi connectivity index (χ3n) is 8.05. The highest BCUT2D eigenvalue weighted by Crippen LogP contribution is 2.42. The van der Waals surface area contributed by atoms with Gasteiger partial charge in [-0.3, -0.25) is 19.9 Å². The second kappa shape index (κ2) is 9.19. The first-order chi connectivity index (χ1) is 15.3. The van der Waals surface area contributed by atoms with Crippen molar-refractivity contribution in [1.29, 1.82) is 0 Å². The van der Waals surface area contributed by atoms with Crippen LogP contribution in [-0.4, -0.2) is 84.3 Å². The van der Waals surface area contributed by atoms with E-state index in [1.807, 2.05) is 0 Å². The van der Waals surface area contributed by atoms with E-state index in [1.54, 1.807) is 4.90 Å². The lowest BCUT2D eigenvalue weighted by Crippen LogP contribution is -2.55. The molecule has 3 saturated heterocycles. The Morgan fingerprint density at radius 1 is 1.19 bits per heavy atom. The molecule has 9 nitrogen and oxygen atoms in total. The van der Waals surface area contributed by atoms with Crippen LogP contribution in [0.25, 0.3) is 0 Å². The molecule has 3 heterocycles. The summed E-state index contributed by atoms with van der Waals surface area (Å²) >= 11 is 0. The van der Waals surface area contributed by atoms with Gasteiger partial charge in [-0.05, 0) is 49.6 Å². The molecule has 0 unspecified atom stereocenters. The number of amides is 3. The van der Waals surface area contributed by atoms with Crippen LogP contribution in [0.4, 0.5) is 4.79 Å². The molecule has 3 aliphatic heterocycles. The van der Waals surface area contributed by atoms with E-state index in [2.05, 4.69) is 29.0 Å². The second-order valence-corrected chi connectivity index (χ2v) is 10.6. The van der Waals surface area contributed by atoms with Crippen LogP contribution >= 0.6 is 0 Å². The number of nitrogens with two attached hydrogens (primary N) is 2. The molecule has 0 aromatic heterocycles. The van der Waals surface area contributed by atoms with Crippen molar-refractivity contribution in [2.45, 2.75) is 70.4 Å². The van der Waals surface area contributed by atoms with Gasteiger partial charge in [0.1, 0.15) is 5.54 Å². The van der Waals surface area contributed by atoms with Crippen molar-refractivity contribution in [1.82, 2.24) is 20.0 Å². The average molecular weight is 449 g/mol. The van der Waals surface area contributed by atoms with Gasteiger partial charge in [0.05, 0.1) is 19.1 Å². The van der Waals surface area contributed by atoms with Crippen LogP contribution < -0.4 is 16.8 Å². The fourth-order valence-corrected chi connectivity index (χ4v) is 5.85. The van der Waals surface area contributed by atoms with E-state index in [9.17, 15) is 9.59 Å². The number of rotatable bonds is 6. The maximum absolute atomic E-state index is 12.6. The van der Waals surface area contributed by atoms with E-state index in [-0.39, 0.29) is 17.4 Å². The van der Waals surface area contributed by atoms with Gasteiger partial charge < -0.3 is 21.1 Å². The summed E-state index contributed by atoms with van der Waals surface area (Å²) < 4.78 is 5.53. The molecule has 1 spiro atoms. The fraction of sp³-hybridized carbons (Fsp3) is 0.826. The standard InChI is InChI=1S/C23H40N6O3/c1-3-4-10-27-12-17(19(24)25)13-28(16-27)18-5-7-22(2,8-6-18)14-29-21(31)26-20(30)23(29)9-11-32-15-23/h18H,3-16,24-25H2,1-2H3,(H,26,30,31)/t18?,22?,23-/m1/s1. The summed E-state index contributed by atoms with van der Waals surface area (Å²) in [5, 5.41) is 2.53. The van der Waals surface area contributed by atoms with Crippen LogP contribution in [0.5, 0.6) is 0 Å². The molecule has 1 saturated carbocycles. The SMILES string of the molecule is CCCCN1CC(=C(N)N)CN(C2CCC(C)(CN3C(=O)NC(=O)[C@]34CCOC4)CC2)C1. The zero-order chi connectivity index (χ0) is 22.9. The van der Waals surface area contributed by atoms with Gasteiger partial charge in [-0.1, -0.05) is 20.3 Å². The lowest BCUT2D eigenvalue weighted by molar-refractivity contribution is -0.127. The van der Waals surface area contributed by atoms with Gasteiger partial charge in [-0.2, -0.15) is 0 Å². The minimum Gasteiger partial charge on any atom is -0.386 e. The Bertz CT molecular complexity index is 751. The first kappa shape index (κ1) is 23.3. The van der Waals surface area contributed by atoms with E-state index >= 15 is 0 Å². The second-order valence-electron chi connectivity index (χ2n) is 10.6. The molecular weight excluding hydrogens is 408 g/mol. The molecule has 4 fully saturated rings. The van der Waals surface area contributed by atoms with Gasteiger partial charge in [0.15, 0.2) is 0 Å². The predicted octanol–water partition coefficient (Wildman–Crippen LogP) is 1.15. The molecule has 9 heteroatoms. The Balaban J connectivity index is 1.39. The van der Waals surface area contributed by atoms with Crippen LogP contribution in [0.2, 0.25) is 0 Å². The Morgan fingerprint density at radius 2 is 1.94 bits per heavy atom. The fourth-order valence-electron chi connectivity index (χ4n) is 5.85. The molecule has 1 aliphatic carbocycles. The summed E-state index contributed by atoms with van der Waals surface area (Å²) in [6, 6.07) is 0.222. The number of carbonyl (C=O) groups is 2. The molecular formula is C23H40N6O3. The molecule has 0 bridgehead atoms. The topological polar surface area (TPSA) is 117 Å². The summed E-state index contributed by atoms with van der Waals surface area (Å²) in [4.78, 5) is 31.9. The van der Waals surface area contributed by atoms with Crippen LogP contribution in [0, 0.1) is 5.41 Å². The highest BCUT2D eigenvalue weighted by molar-refractivity contribution is 6.07. The Kier molecular flexibility index (Phi) is 6.70. The summed E-state index contributed by atoms with van der Waals surface area (Å²) in [7, 11) is 0. The van der Waals surface area contributed by atoms with Crippen molar-refractivity contribution in [3.63, 3.8) is 0 Å². The normalized spacial score (nSPS) is 34.5. The molecule has 4 rings (SSSR count). The first-order valence-electron chi connectivity index (χ1n) is 12.2. The van der Waals surface area contributed by atoms with Gasteiger partial charge in [-0.15, -0.1) is 0 Å². The van der Waals surface area contributed by atoms with Crippen molar-refractivity contribution in [3.8, 4) is 0 Å². The van der Waals surface area contributed by atoms with E-state index in [0.717, 1.165) is 57.6 Å². The number of unbranched alkanes of at least 4 members (excludes halogenated alkanes) is 1. The molecule has 1 atom stereocenters. The lowest BCUT2D eigenvalue weighted by Gasteiger charge is -2.47. The van der Waals surface area contributed by atoms with Crippen LogP contribution in [0.1, 0.15) is 58.8 Å². The number of carbonyl (C=O) groups excluding carboxylic acids is 2. The zero-order valence-corrected chi connectivity index (χ0v) is 19.7. The molecule has 0 aromatic carbocycles. The summed E-state index contributed by atoms with van der Waals surface area (Å²) in [5.74, 6) is 0.266. The van der Waals surface area contributed by atoms with Gasteiger partial charge in [0.2, 0.25) is 0 Å². The van der Waals surface area contributed by atoms with Crippen molar-refractivity contribution in [2.75, 3.05) is 46.1 Å². The molecule has 0 aromatic rings. The largest absolute Gasteiger partial charge is 0.386 e. The average Bonchev–Trinajstić information content (AvgIpc) is 3.34. The number of hydrogen-bond donors (Lipinski definition) is 3. The van der Waals surface area contributed by atoms with Gasteiger partial charge in [0, 0.05) is 38.7 Å². The van der Waals surface area contributed by atoms with E-state index in [4.69, 9.17) is 16.2 Å². The smallest absolute Gasteiger partial charge is 0.325 e. The van der Waals surface area contributed by atoms with Gasteiger partial charge >= 0.3 is 6.03 Å². The van der Waals surface area contributed by atoms with Gasteiger partial charge in [0.25, 0.3) is 5.91 Å². The van der Waals surface area contributed by atoms with E-state index in [0.29, 0.717) is 38.0 Å². The molecule has 3 amide bonds. The Labute approximate surface area is 191 Å². The number of hydrogen-bond acceptors (Lipinski definition) is 7. The quantitative estimate of drug-likeness (QED) is 0.522. The third kappa shape index (κ3) is 4.47. The molecule has 32 heavy (non-hydrogen) atoms. The maximum atomic E-state index is 12.6. The van der Waals surface area contributed by atoms with Crippen LogP contribution in [0.15, 0.2) is 11.4 Å². The zero-order valence-electron chi connectivity index (χ0n) is 19.7. The Morgan fingerprint density at radius 3 is 2.56 bits per heavy atom. The predicted molar refractivity (Wildman–Crippen MR) is 122 cm³/mol. The van der Waals surface area contributed by atoms with E-state index < -0.39 is 5.54 Å². The molecule has 5 N–H and O–H groups in total. The number of urea groups is 1. The minimum atomic E-state index is -0.804. The van der Waals surface area contributed by atoms with Crippen molar-refractivity contribution >= 4 is 11.9 Å². The minimum absolute atomic E-state index is 0.00268. The van der Waals surface area contributed by atoms with Crippen molar-refractivity contribution < 1.29 is 14.3 Å². The molecule has 4 aliphatic rings.